The average molecular weight is 243 g/mol. The topological polar surface area (TPSA) is 25.8 Å². The first-order chi connectivity index (χ1) is 8.34. The van der Waals surface area contributed by atoms with Gasteiger partial charge in [0, 0.05) is 10.8 Å². The molecule has 1 heterocycles. The van der Waals surface area contributed by atoms with Crippen molar-refractivity contribution in [1.82, 2.24) is 9.97 Å². The molecule has 3 heteroatoms. The minimum atomic E-state index is 0.314. The van der Waals surface area contributed by atoms with Gasteiger partial charge in [0.1, 0.15) is 0 Å². The summed E-state index contributed by atoms with van der Waals surface area (Å²) in [5.41, 5.74) is 2.01. The van der Waals surface area contributed by atoms with Crippen LogP contribution < -0.4 is 10.6 Å². The van der Waals surface area contributed by atoms with Crippen LogP contribution in [0.3, 0.4) is 0 Å². The van der Waals surface area contributed by atoms with Gasteiger partial charge >= 0.3 is 0 Å². The Balaban J connectivity index is 2.35. The van der Waals surface area contributed by atoms with Gasteiger partial charge in [0.25, 0.3) is 0 Å². The second-order valence-corrected chi connectivity index (χ2v) is 4.33. The minimum absolute atomic E-state index is 0.314. The Bertz CT molecular complexity index is 663. The second-order valence-electron chi connectivity index (χ2n) is 3.99. The molecule has 2 aromatic rings. The first kappa shape index (κ1) is 10.5. The SMILES string of the molecule is Clc1nc(-c2ccccc2)c2c(n1)=CCCC=2. The van der Waals surface area contributed by atoms with Crippen molar-refractivity contribution in [1.29, 1.82) is 0 Å². The van der Waals surface area contributed by atoms with E-state index in [0.717, 1.165) is 34.7 Å². The molecule has 0 unspecified atom stereocenters. The molecule has 0 spiro atoms. The summed E-state index contributed by atoms with van der Waals surface area (Å²) < 4.78 is 0. The Hall–Kier alpha value is -1.67. The molecule has 0 saturated carbocycles. The molecule has 2 nitrogen and oxygen atoms in total. The molecule has 1 aromatic carbocycles. The lowest BCUT2D eigenvalue weighted by molar-refractivity contribution is 1.04. The van der Waals surface area contributed by atoms with Gasteiger partial charge in [-0.3, -0.25) is 0 Å². The van der Waals surface area contributed by atoms with E-state index in [1.54, 1.807) is 0 Å². The van der Waals surface area contributed by atoms with E-state index in [2.05, 4.69) is 22.1 Å². The van der Waals surface area contributed by atoms with Crippen LogP contribution in [0, 0.1) is 0 Å². The summed E-state index contributed by atoms with van der Waals surface area (Å²) >= 11 is 5.98. The molecular formula is C14H11ClN2. The highest BCUT2D eigenvalue weighted by Gasteiger charge is 2.07. The van der Waals surface area contributed by atoms with Crippen LogP contribution >= 0.6 is 11.6 Å². The molecule has 1 aromatic heterocycles. The molecule has 0 atom stereocenters. The van der Waals surface area contributed by atoms with E-state index in [-0.39, 0.29) is 0 Å². The number of fused-ring (bicyclic) bond motifs is 1. The van der Waals surface area contributed by atoms with Crippen molar-refractivity contribution >= 4 is 23.8 Å². The molecule has 17 heavy (non-hydrogen) atoms. The molecule has 0 bridgehead atoms. The predicted molar refractivity (Wildman–Crippen MR) is 69.9 cm³/mol. The molecule has 1 aliphatic rings. The van der Waals surface area contributed by atoms with Gasteiger partial charge < -0.3 is 0 Å². The highest BCUT2D eigenvalue weighted by atomic mass is 35.5. The maximum Gasteiger partial charge on any atom is 0.223 e. The number of aromatic nitrogens is 2. The summed E-state index contributed by atoms with van der Waals surface area (Å²) in [5, 5.41) is 2.37. The van der Waals surface area contributed by atoms with Crippen molar-refractivity contribution in [3.63, 3.8) is 0 Å². The van der Waals surface area contributed by atoms with Gasteiger partial charge in [-0.2, -0.15) is 0 Å². The second kappa shape index (κ2) is 4.30. The van der Waals surface area contributed by atoms with Crippen LogP contribution in [0.5, 0.6) is 0 Å². The number of hydrogen-bond donors (Lipinski definition) is 0. The third-order valence-corrected chi connectivity index (χ3v) is 3.02. The van der Waals surface area contributed by atoms with Gasteiger partial charge in [0.05, 0.1) is 11.0 Å². The predicted octanol–water partition coefficient (Wildman–Crippen LogP) is 2.15. The van der Waals surface area contributed by atoms with Crippen LogP contribution in [-0.4, -0.2) is 9.97 Å². The number of halogens is 1. The molecule has 3 rings (SSSR count). The number of hydrogen-bond acceptors (Lipinski definition) is 2. The average Bonchev–Trinajstić information content (AvgIpc) is 2.39. The molecule has 0 fully saturated rings. The third kappa shape index (κ3) is 1.96. The first-order valence-electron chi connectivity index (χ1n) is 5.64. The molecule has 0 radical (unpaired) electrons. The van der Waals surface area contributed by atoms with Gasteiger partial charge in [-0.05, 0) is 24.4 Å². The van der Waals surface area contributed by atoms with Gasteiger partial charge in [0.15, 0.2) is 0 Å². The smallest absolute Gasteiger partial charge is 0.218 e. The third-order valence-electron chi connectivity index (χ3n) is 2.85. The first-order valence-corrected chi connectivity index (χ1v) is 6.02. The zero-order valence-electron chi connectivity index (χ0n) is 9.23. The van der Waals surface area contributed by atoms with Crippen LogP contribution in [0.15, 0.2) is 30.3 Å². The van der Waals surface area contributed by atoms with Crippen LogP contribution in [0.4, 0.5) is 0 Å². The summed E-state index contributed by atoms with van der Waals surface area (Å²) in [4.78, 5) is 8.63. The quantitative estimate of drug-likeness (QED) is 0.717. The normalized spacial score (nSPS) is 13.5. The maximum atomic E-state index is 5.98. The molecule has 1 aliphatic carbocycles. The molecule has 0 amide bonds. The monoisotopic (exact) mass is 242 g/mol. The molecule has 84 valence electrons. The molecular weight excluding hydrogens is 232 g/mol. The number of benzene rings is 1. The highest BCUT2D eigenvalue weighted by molar-refractivity contribution is 6.28. The van der Waals surface area contributed by atoms with Gasteiger partial charge in [-0.15, -0.1) is 0 Å². The zero-order chi connectivity index (χ0) is 11.7. The van der Waals surface area contributed by atoms with E-state index in [0.29, 0.717) is 5.28 Å². The lowest BCUT2D eigenvalue weighted by atomic mass is 10.1. The molecule has 0 N–H and O–H groups in total. The van der Waals surface area contributed by atoms with E-state index in [1.807, 2.05) is 30.3 Å². The van der Waals surface area contributed by atoms with Crippen molar-refractivity contribution in [2.75, 3.05) is 0 Å². The number of nitrogens with zero attached hydrogens (tertiary/aromatic N) is 2. The summed E-state index contributed by atoms with van der Waals surface area (Å²) in [6.07, 6.45) is 6.37. The lowest BCUT2D eigenvalue weighted by Crippen LogP contribution is -2.33. The van der Waals surface area contributed by atoms with Crippen LogP contribution in [0.2, 0.25) is 5.28 Å². The van der Waals surface area contributed by atoms with E-state index in [4.69, 9.17) is 11.6 Å². The van der Waals surface area contributed by atoms with E-state index in [1.165, 1.54) is 0 Å². The van der Waals surface area contributed by atoms with Crippen molar-refractivity contribution in [2.24, 2.45) is 0 Å². The highest BCUT2D eigenvalue weighted by Crippen LogP contribution is 2.13. The van der Waals surface area contributed by atoms with Crippen molar-refractivity contribution in [3.05, 3.63) is 46.2 Å². The molecule has 0 saturated heterocycles. The fourth-order valence-electron chi connectivity index (χ4n) is 2.08. The summed E-state index contributed by atoms with van der Waals surface area (Å²) in [6, 6.07) is 10.1. The fourth-order valence-corrected chi connectivity index (χ4v) is 2.25. The maximum absolute atomic E-state index is 5.98. The van der Waals surface area contributed by atoms with Crippen molar-refractivity contribution < 1.29 is 0 Å². The summed E-state index contributed by atoms with van der Waals surface area (Å²) in [7, 11) is 0. The summed E-state index contributed by atoms with van der Waals surface area (Å²) in [5.74, 6) is 0. The van der Waals surface area contributed by atoms with Crippen molar-refractivity contribution in [2.45, 2.75) is 12.8 Å². The van der Waals surface area contributed by atoms with Gasteiger partial charge in [-0.1, -0.05) is 42.5 Å². The Kier molecular flexibility index (Phi) is 2.65. The Morgan fingerprint density at radius 3 is 2.53 bits per heavy atom. The van der Waals surface area contributed by atoms with E-state index >= 15 is 0 Å². The van der Waals surface area contributed by atoms with Gasteiger partial charge in [-0.25, -0.2) is 9.97 Å². The fraction of sp³-hybridized carbons (Fsp3) is 0.143. The summed E-state index contributed by atoms with van der Waals surface area (Å²) in [6.45, 7) is 0. The Morgan fingerprint density at radius 2 is 1.71 bits per heavy atom. The van der Waals surface area contributed by atoms with Crippen LogP contribution in [-0.2, 0) is 0 Å². The van der Waals surface area contributed by atoms with Gasteiger partial charge in [0.2, 0.25) is 5.28 Å². The van der Waals surface area contributed by atoms with E-state index in [9.17, 15) is 0 Å². The Morgan fingerprint density at radius 1 is 0.941 bits per heavy atom. The largest absolute Gasteiger partial charge is 0.223 e. The number of rotatable bonds is 1. The zero-order valence-corrected chi connectivity index (χ0v) is 9.98. The lowest BCUT2D eigenvalue weighted by Gasteiger charge is -2.06. The Labute approximate surface area is 104 Å². The van der Waals surface area contributed by atoms with Crippen LogP contribution in [0.1, 0.15) is 12.8 Å². The standard InChI is InChI=1S/C14H11ClN2/c15-14-16-12-9-5-4-8-11(12)13(17-14)10-6-2-1-3-7-10/h1-3,6-9H,4-5H2. The van der Waals surface area contributed by atoms with Crippen molar-refractivity contribution in [3.8, 4) is 11.3 Å². The molecule has 0 aliphatic heterocycles. The van der Waals surface area contributed by atoms with E-state index < -0.39 is 0 Å². The van der Waals surface area contributed by atoms with Crippen LogP contribution in [0.25, 0.3) is 23.4 Å². The minimum Gasteiger partial charge on any atom is -0.218 e.